The van der Waals surface area contributed by atoms with Crippen molar-refractivity contribution in [3.05, 3.63) is 380 Å². The van der Waals surface area contributed by atoms with Gasteiger partial charge in [0, 0.05) is 140 Å². The van der Waals surface area contributed by atoms with Gasteiger partial charge in [-0.2, -0.15) is 0 Å². The minimum Gasteiger partial charge on any atom is -0.491 e. The van der Waals surface area contributed by atoms with Crippen LogP contribution in [-0.2, 0) is 40.4 Å². The summed E-state index contributed by atoms with van der Waals surface area (Å²) in [7, 11) is -0.391. The molecule has 10 N–H and O–H groups in total. The predicted molar refractivity (Wildman–Crippen MR) is 579 cm³/mol. The quantitative estimate of drug-likeness (QED) is 0.0251. The molecule has 0 saturated heterocycles. The van der Waals surface area contributed by atoms with Crippen molar-refractivity contribution in [2.75, 3.05) is 86.0 Å². The van der Waals surface area contributed by atoms with Crippen LogP contribution in [0.3, 0.4) is 0 Å². The van der Waals surface area contributed by atoms with Crippen LogP contribution in [0.25, 0.3) is 43.6 Å². The maximum absolute atomic E-state index is 13.4. The number of ether oxygens (including phenoxy) is 8. The summed E-state index contributed by atoms with van der Waals surface area (Å²) in [6.07, 6.45) is -0.862. The zero-order valence-electron chi connectivity index (χ0n) is 80.0. The van der Waals surface area contributed by atoms with Crippen LogP contribution in [0.4, 0.5) is 23.6 Å². The third kappa shape index (κ3) is 26.0. The fourth-order valence-electron chi connectivity index (χ4n) is 18.4. The highest BCUT2D eigenvalue weighted by Gasteiger charge is 2.41. The Hall–Kier alpha value is -13.1. The van der Waals surface area contributed by atoms with E-state index < -0.39 is 70.8 Å². The number of amides is 4. The smallest absolute Gasteiger partial charge is 0.416 e. The van der Waals surface area contributed by atoms with E-state index >= 15 is 0 Å². The van der Waals surface area contributed by atoms with E-state index in [1.54, 1.807) is 131 Å². The second-order valence-electron chi connectivity index (χ2n) is 35.6. The van der Waals surface area contributed by atoms with Gasteiger partial charge < -0.3 is 88.7 Å². The molecule has 4 aliphatic rings. The number of likely N-dealkylation sites (N-methyl/N-ethyl adjacent to an activating group) is 1. The van der Waals surface area contributed by atoms with E-state index in [-0.39, 0.29) is 44.8 Å². The molecule has 0 radical (unpaired) electrons. The molecule has 0 spiro atoms. The molecule has 0 saturated carbocycles. The number of aliphatic hydroxyl groups is 3. The van der Waals surface area contributed by atoms with Gasteiger partial charge in [-0.1, -0.05) is 152 Å². The Labute approximate surface area is 895 Å². The first-order valence-corrected chi connectivity index (χ1v) is 52.5. The van der Waals surface area contributed by atoms with Crippen molar-refractivity contribution in [3.8, 4) is 40.2 Å². The van der Waals surface area contributed by atoms with Crippen molar-refractivity contribution in [2.24, 2.45) is 0 Å². The Morgan fingerprint density at radius 1 is 0.405 bits per heavy atom. The maximum Gasteiger partial charge on any atom is 0.416 e. The second kappa shape index (κ2) is 48.0. The molecule has 4 amide bonds. The largest absolute Gasteiger partial charge is 0.491 e. The summed E-state index contributed by atoms with van der Waals surface area (Å²) in [5.41, 5.74) is 17.3. The Kier molecular flexibility index (Phi) is 34.4. The van der Waals surface area contributed by atoms with E-state index in [9.17, 15) is 47.3 Å². The number of H-pyrrole nitrogens is 4. The Morgan fingerprint density at radius 3 is 1.04 bits per heavy atom. The van der Waals surface area contributed by atoms with Gasteiger partial charge in [-0.25, -0.2) is 36.7 Å². The molecule has 4 aromatic heterocycles. The van der Waals surface area contributed by atoms with E-state index in [0.717, 1.165) is 124 Å². The van der Waals surface area contributed by atoms with Crippen LogP contribution in [0.15, 0.2) is 271 Å². The predicted octanol–water partition coefficient (Wildman–Crippen LogP) is 22.9. The zero-order chi connectivity index (χ0) is 104. The van der Waals surface area contributed by atoms with Crippen LogP contribution in [0.5, 0.6) is 40.2 Å². The van der Waals surface area contributed by atoms with Crippen LogP contribution < -0.4 is 48.5 Å². The van der Waals surface area contributed by atoms with Gasteiger partial charge in [0.25, 0.3) is 5.17 Å². The van der Waals surface area contributed by atoms with E-state index in [1.165, 1.54) is 35.8 Å². The highest BCUT2D eigenvalue weighted by molar-refractivity contribution is 9.10. The number of aliphatic hydroxyl groups excluding tert-OH is 3. The molecule has 16 aromatic rings. The highest BCUT2D eigenvalue weighted by Crippen LogP contribution is 2.47. The number of sulfonamides is 1. The standard InChI is InChI=1S/C29H27Cl2N3O6.C28H27Cl2N3O6S.C28H27Cl2N3O4.C25H20BrFN2OS/c1-38-28(36)32-15-20(35)16-39-21-7-2-17(3-8-21)27-26-23(24-14-19(31)6-11-25(24)33-26)12-13-34(27)29(37)40-22-9-4-18(30)5-10-22;1-40(36,37)31-15-20(34)16-38-21-7-2-17(3-8-21)27-26-23(24-14-19(30)6-11-25(24)32-26)12-13-33(27)28(35)39-22-9-4-18(29)5-10-22;1-31-15-20(34)16-36-21-7-2-17(3-8-21)27-26-23(24-14-19(30)6-11-25(24)32-26)12-13-33(27)28(35)37-22-9-4-18(29)5-10-22;1-15-2-4-16(5-3-15)24-23-20(21-14-17(26)6-11-22(21)28-23)12-13-29(24)25(31)30-19-9-7-18(27)8-10-19/h2-11,14,20,27,33,35H,12-13,15-16H2,1H3,(H,32,36);2-11,14,20,27,31-32,34H,12-13,15-16H2,1H3;2-11,14,20,27,31-32,34H,12-13,15-16H2,1H3;2-11,14,24,28H,12-13H2,1H3. The minimum absolute atomic E-state index is 0.00923. The molecule has 0 aliphatic carbocycles. The lowest BCUT2D eigenvalue weighted by Crippen LogP contribution is -2.42. The molecule has 28 nitrogen and oxygen atoms in total. The average molecular weight is 2220 g/mol. The van der Waals surface area contributed by atoms with Crippen LogP contribution in [0, 0.1) is 12.7 Å². The number of carbonyl (C=O) groups is 4. The van der Waals surface area contributed by atoms with Crippen LogP contribution >= 0.6 is 97.8 Å². The van der Waals surface area contributed by atoms with Crippen molar-refractivity contribution in [1.29, 1.82) is 0 Å². The van der Waals surface area contributed by atoms with E-state index in [4.69, 9.17) is 115 Å². The molecule has 7 unspecified atom stereocenters. The number of nitrogens with zero attached hydrogens (tertiary/aromatic N) is 4. The molecule has 0 bridgehead atoms. The first-order chi connectivity index (χ1) is 71.3. The third-order valence-electron chi connectivity index (χ3n) is 25.4. The van der Waals surface area contributed by atoms with Gasteiger partial charge in [0.15, 0.2) is 0 Å². The lowest BCUT2D eigenvalue weighted by Gasteiger charge is -2.37. The van der Waals surface area contributed by atoms with Gasteiger partial charge in [-0.15, -0.1) is 0 Å². The summed E-state index contributed by atoms with van der Waals surface area (Å²) in [5, 5.41) is 43.6. The maximum atomic E-state index is 13.4. The number of methoxy groups -OCH3 is 1. The van der Waals surface area contributed by atoms with E-state index in [0.29, 0.717) is 121 Å². The third-order valence-corrected chi connectivity index (χ3v) is 28.3. The SMILES string of the molecule is CNCC(O)COc1ccc(C2c3[nH]c4ccc(Cl)cc4c3CCN2C(=O)Oc2ccc(Cl)cc2)cc1.COC(=O)NCC(O)COc1ccc(C2c3[nH]c4ccc(Cl)cc4c3CCN2C(=O)Oc2ccc(Cl)cc2)cc1.CS(=O)(=O)NCC(O)COc1ccc(C2c3[nH]c4ccc(Cl)cc4c3CCN2C(=O)Oc2ccc(Cl)cc2)cc1.Cc1ccc(C2c3[nH]c4ccc(Br)cc4c3CCN2C(=S)Oc2ccc(F)cc2)cc1. The normalized spacial score (nSPS) is 15.7. The number of halogens is 8. The Balaban J connectivity index is 0.000000135. The number of hydrogen-bond donors (Lipinski definition) is 10. The number of aromatic nitrogens is 4. The molecule has 20 rings (SSSR count). The molecule has 148 heavy (non-hydrogen) atoms. The molecule has 12 aromatic carbocycles. The number of thiocarbonyl (C=S) groups is 1. The molecule has 766 valence electrons. The van der Waals surface area contributed by atoms with Gasteiger partial charge in [0.2, 0.25) is 10.0 Å². The number of hydrogen-bond acceptors (Lipinski definition) is 19. The number of alkyl carbamates (subject to hydrolysis) is 1. The lowest BCUT2D eigenvalue weighted by atomic mass is 9.92. The van der Waals surface area contributed by atoms with Gasteiger partial charge in [-0.3, -0.25) is 14.7 Å². The molecular weight excluding hydrogens is 2120 g/mol. The summed E-state index contributed by atoms with van der Waals surface area (Å²) in [6, 6.07) is 78.4. The van der Waals surface area contributed by atoms with Crippen LogP contribution in [-0.4, -0.2) is 197 Å². The van der Waals surface area contributed by atoms with Gasteiger partial charge in [-0.05, 0) is 303 Å². The molecule has 7 atom stereocenters. The number of nitrogens with one attached hydrogen (secondary N) is 7. The highest BCUT2D eigenvalue weighted by atomic mass is 79.9. The van der Waals surface area contributed by atoms with Crippen molar-refractivity contribution in [2.45, 2.75) is 75.1 Å². The molecule has 38 heteroatoms. The molecule has 4 aliphatic heterocycles. The minimum atomic E-state index is -3.42. The summed E-state index contributed by atoms with van der Waals surface area (Å²) in [5.74, 6) is 3.07. The molecule has 0 fully saturated rings. The van der Waals surface area contributed by atoms with E-state index in [2.05, 4.69) is 104 Å². The summed E-state index contributed by atoms with van der Waals surface area (Å²) in [4.78, 5) is 72.8. The number of fused-ring (bicyclic) bond motifs is 12. The van der Waals surface area contributed by atoms with Crippen molar-refractivity contribution < 1.29 is 85.2 Å². The first kappa shape index (κ1) is 106. The fourth-order valence-corrected chi connectivity index (χ4v) is 20.4. The van der Waals surface area contributed by atoms with Gasteiger partial charge in [0.05, 0.1) is 26.0 Å². The van der Waals surface area contributed by atoms with Crippen LogP contribution in [0.1, 0.15) is 97.0 Å². The Morgan fingerprint density at radius 2 is 0.696 bits per heavy atom. The van der Waals surface area contributed by atoms with Crippen molar-refractivity contribution in [3.63, 3.8) is 0 Å². The number of benzene rings is 12. The molecule has 8 heterocycles. The molecular formula is C110H101BrCl6FN11O17S2. The van der Waals surface area contributed by atoms with Crippen LogP contribution in [0.2, 0.25) is 30.1 Å². The van der Waals surface area contributed by atoms with Crippen molar-refractivity contribution in [1.82, 2.24) is 54.9 Å². The number of rotatable bonds is 24. The fraction of sp³-hybridized carbons (Fsp3) is 0.227. The Bertz CT molecular complexity index is 7580. The van der Waals surface area contributed by atoms with Crippen molar-refractivity contribution >= 4 is 181 Å². The monoisotopic (exact) mass is 2220 g/mol. The topological polar surface area (TPSA) is 349 Å². The number of aryl methyl sites for hydroxylation is 1. The van der Waals surface area contributed by atoms with Gasteiger partial charge in [0.1, 0.15) is 102 Å². The average Bonchev–Trinajstić information content (AvgIpc) is 1.60. The first-order valence-electron chi connectivity index (χ1n) is 47.2. The summed E-state index contributed by atoms with van der Waals surface area (Å²) < 4.78 is 83.7. The lowest BCUT2D eigenvalue weighted by molar-refractivity contribution is 0.102. The second-order valence-corrected chi connectivity index (χ2v) is 41.3. The number of carbonyl (C=O) groups excluding carboxylic acids is 4. The summed E-state index contributed by atoms with van der Waals surface area (Å²) >= 11 is 46.1. The van der Waals surface area contributed by atoms with Gasteiger partial charge >= 0.3 is 24.4 Å². The zero-order valence-corrected chi connectivity index (χ0v) is 87.8. The number of aromatic amines is 4. The van der Waals surface area contributed by atoms with E-state index in [1.807, 2.05) is 109 Å². The summed E-state index contributed by atoms with van der Waals surface area (Å²) in [6.45, 7) is 4.45.